The molecule has 1 atom stereocenters. The van der Waals surface area contributed by atoms with E-state index in [9.17, 15) is 4.79 Å². The Labute approximate surface area is 116 Å². The molecule has 1 rings (SSSR count). The number of hydrogen-bond donors (Lipinski definition) is 1. The van der Waals surface area contributed by atoms with E-state index in [1.54, 1.807) is 32.4 Å². The minimum Gasteiger partial charge on any atom is -0.497 e. The number of nitrogens with one attached hydrogen (secondary N) is 1. The van der Waals surface area contributed by atoms with Gasteiger partial charge in [-0.3, -0.25) is 4.79 Å². The van der Waals surface area contributed by atoms with Crippen LogP contribution < -0.4 is 10.1 Å². The Bertz CT molecular complexity index is 384. The van der Waals surface area contributed by atoms with E-state index in [0.717, 1.165) is 6.42 Å². The smallest absolute Gasteiger partial charge is 0.251 e. The van der Waals surface area contributed by atoms with Crippen LogP contribution in [0.1, 0.15) is 16.8 Å². The molecule has 0 heterocycles. The van der Waals surface area contributed by atoms with E-state index >= 15 is 0 Å². The van der Waals surface area contributed by atoms with Crippen molar-refractivity contribution in [3.05, 3.63) is 29.8 Å². The fourth-order valence-electron chi connectivity index (χ4n) is 1.47. The van der Waals surface area contributed by atoms with Crippen LogP contribution in [0.2, 0.25) is 0 Å². The van der Waals surface area contributed by atoms with Crippen molar-refractivity contribution in [2.75, 3.05) is 27.4 Å². The number of hydrogen-bond acceptors (Lipinski definition) is 3. The molecule has 1 N–H and O–H groups in total. The average molecular weight is 316 g/mol. The maximum atomic E-state index is 11.8. The number of rotatable bonds is 7. The standard InChI is InChI=1S/C13H18BrNO3/c1-17-9-11(14)6-7-15-13(16)10-4-3-5-12(8-10)18-2/h3-5,8,11H,6-7,9H2,1-2H3,(H,15,16). The van der Waals surface area contributed by atoms with Crippen molar-refractivity contribution in [2.45, 2.75) is 11.2 Å². The molecule has 4 nitrogen and oxygen atoms in total. The van der Waals surface area contributed by atoms with E-state index in [1.165, 1.54) is 0 Å². The molecule has 0 saturated carbocycles. The summed E-state index contributed by atoms with van der Waals surface area (Å²) in [6, 6.07) is 7.09. The molecule has 0 spiro atoms. The van der Waals surface area contributed by atoms with Crippen molar-refractivity contribution < 1.29 is 14.3 Å². The maximum absolute atomic E-state index is 11.8. The van der Waals surface area contributed by atoms with Gasteiger partial charge in [-0.2, -0.15) is 0 Å². The van der Waals surface area contributed by atoms with Crippen LogP contribution in [0.4, 0.5) is 0 Å². The number of halogens is 1. The van der Waals surface area contributed by atoms with Gasteiger partial charge in [-0.05, 0) is 24.6 Å². The van der Waals surface area contributed by atoms with Gasteiger partial charge in [-0.25, -0.2) is 0 Å². The van der Waals surface area contributed by atoms with Crippen molar-refractivity contribution in [3.63, 3.8) is 0 Å². The molecule has 1 aromatic rings. The normalized spacial score (nSPS) is 11.9. The van der Waals surface area contributed by atoms with E-state index in [1.807, 2.05) is 6.07 Å². The molecular formula is C13H18BrNO3. The van der Waals surface area contributed by atoms with Gasteiger partial charge in [0.25, 0.3) is 5.91 Å². The van der Waals surface area contributed by atoms with E-state index in [0.29, 0.717) is 24.5 Å². The Balaban J connectivity index is 2.40. The van der Waals surface area contributed by atoms with E-state index < -0.39 is 0 Å². The summed E-state index contributed by atoms with van der Waals surface area (Å²) in [5, 5.41) is 2.86. The molecule has 1 aromatic carbocycles. The zero-order valence-electron chi connectivity index (χ0n) is 10.6. The van der Waals surface area contributed by atoms with Crippen LogP contribution in [0.5, 0.6) is 5.75 Å². The lowest BCUT2D eigenvalue weighted by molar-refractivity contribution is 0.0951. The second kappa shape index (κ2) is 8.11. The van der Waals surface area contributed by atoms with Crippen LogP contribution >= 0.6 is 15.9 Å². The van der Waals surface area contributed by atoms with Gasteiger partial charge in [-0.1, -0.05) is 22.0 Å². The van der Waals surface area contributed by atoms with Crippen molar-refractivity contribution in [2.24, 2.45) is 0 Å². The average Bonchev–Trinajstić information content (AvgIpc) is 2.39. The molecule has 0 saturated heterocycles. The van der Waals surface area contributed by atoms with Crippen LogP contribution in [0.15, 0.2) is 24.3 Å². The largest absolute Gasteiger partial charge is 0.497 e. The number of methoxy groups -OCH3 is 2. The zero-order chi connectivity index (χ0) is 13.4. The van der Waals surface area contributed by atoms with Crippen LogP contribution in [0, 0.1) is 0 Å². The topological polar surface area (TPSA) is 47.6 Å². The van der Waals surface area contributed by atoms with Crippen molar-refractivity contribution in [1.82, 2.24) is 5.32 Å². The van der Waals surface area contributed by atoms with Crippen LogP contribution in [-0.2, 0) is 4.74 Å². The lowest BCUT2D eigenvalue weighted by Gasteiger charge is -2.10. The molecule has 1 unspecified atom stereocenters. The molecule has 0 aliphatic heterocycles. The fraction of sp³-hybridized carbons (Fsp3) is 0.462. The van der Waals surface area contributed by atoms with Gasteiger partial charge in [0.15, 0.2) is 0 Å². The summed E-state index contributed by atoms with van der Waals surface area (Å²) in [5.41, 5.74) is 0.604. The van der Waals surface area contributed by atoms with E-state index in [-0.39, 0.29) is 10.7 Å². The first kappa shape index (κ1) is 15.0. The molecule has 0 bridgehead atoms. The predicted molar refractivity (Wildman–Crippen MR) is 74.5 cm³/mol. The molecule has 0 aliphatic rings. The Morgan fingerprint density at radius 1 is 1.44 bits per heavy atom. The monoisotopic (exact) mass is 315 g/mol. The predicted octanol–water partition coefficient (Wildman–Crippen LogP) is 2.23. The zero-order valence-corrected chi connectivity index (χ0v) is 12.2. The summed E-state index contributed by atoms with van der Waals surface area (Å²) in [6.45, 7) is 1.24. The van der Waals surface area contributed by atoms with Crippen molar-refractivity contribution in [1.29, 1.82) is 0 Å². The van der Waals surface area contributed by atoms with Crippen LogP contribution in [0.3, 0.4) is 0 Å². The van der Waals surface area contributed by atoms with Gasteiger partial charge in [0.2, 0.25) is 0 Å². The van der Waals surface area contributed by atoms with Gasteiger partial charge in [0.1, 0.15) is 5.75 Å². The summed E-state index contributed by atoms with van der Waals surface area (Å²) in [4.78, 5) is 12.1. The van der Waals surface area contributed by atoms with Crippen LogP contribution in [0.25, 0.3) is 0 Å². The Hall–Kier alpha value is -1.07. The number of benzene rings is 1. The molecule has 100 valence electrons. The second-order valence-corrected chi connectivity index (χ2v) is 5.12. The Morgan fingerprint density at radius 2 is 2.22 bits per heavy atom. The van der Waals surface area contributed by atoms with Crippen LogP contribution in [-0.4, -0.2) is 38.1 Å². The highest BCUT2D eigenvalue weighted by Gasteiger charge is 2.08. The van der Waals surface area contributed by atoms with Crippen molar-refractivity contribution >= 4 is 21.8 Å². The molecule has 0 fully saturated rings. The quantitative estimate of drug-likeness (QED) is 0.785. The second-order valence-electron chi connectivity index (χ2n) is 3.83. The van der Waals surface area contributed by atoms with E-state index in [2.05, 4.69) is 21.2 Å². The molecule has 0 aromatic heterocycles. The minimum absolute atomic E-state index is 0.0917. The fourth-order valence-corrected chi connectivity index (χ4v) is 1.97. The molecule has 18 heavy (non-hydrogen) atoms. The van der Waals surface area contributed by atoms with Gasteiger partial charge in [-0.15, -0.1) is 0 Å². The molecule has 5 heteroatoms. The third kappa shape index (κ3) is 5.06. The maximum Gasteiger partial charge on any atom is 0.251 e. The Morgan fingerprint density at radius 3 is 2.89 bits per heavy atom. The summed E-state index contributed by atoms with van der Waals surface area (Å²) >= 11 is 3.47. The summed E-state index contributed by atoms with van der Waals surface area (Å²) in [5.74, 6) is 0.589. The highest BCUT2D eigenvalue weighted by Crippen LogP contribution is 2.12. The van der Waals surface area contributed by atoms with Gasteiger partial charge in [0, 0.05) is 24.0 Å². The molecule has 1 amide bonds. The first-order valence-corrected chi connectivity index (χ1v) is 6.64. The lowest BCUT2D eigenvalue weighted by atomic mass is 10.2. The number of alkyl halides is 1. The number of carbonyl (C=O) groups is 1. The van der Waals surface area contributed by atoms with Gasteiger partial charge in [0.05, 0.1) is 13.7 Å². The molecular weight excluding hydrogens is 298 g/mol. The molecule has 0 aliphatic carbocycles. The third-order valence-electron chi connectivity index (χ3n) is 2.42. The first-order valence-electron chi connectivity index (χ1n) is 5.72. The lowest BCUT2D eigenvalue weighted by Crippen LogP contribution is -2.26. The van der Waals surface area contributed by atoms with E-state index in [4.69, 9.17) is 9.47 Å². The Kier molecular flexibility index (Phi) is 6.75. The number of ether oxygens (including phenoxy) is 2. The molecule has 0 radical (unpaired) electrons. The highest BCUT2D eigenvalue weighted by molar-refractivity contribution is 9.09. The van der Waals surface area contributed by atoms with Gasteiger partial charge < -0.3 is 14.8 Å². The number of amides is 1. The summed E-state index contributed by atoms with van der Waals surface area (Å²) in [6.07, 6.45) is 0.823. The van der Waals surface area contributed by atoms with Gasteiger partial charge >= 0.3 is 0 Å². The summed E-state index contributed by atoms with van der Waals surface area (Å²) in [7, 11) is 3.24. The highest BCUT2D eigenvalue weighted by atomic mass is 79.9. The number of carbonyl (C=O) groups excluding carboxylic acids is 1. The first-order chi connectivity index (χ1) is 8.67. The third-order valence-corrected chi connectivity index (χ3v) is 3.14. The summed E-state index contributed by atoms with van der Waals surface area (Å²) < 4.78 is 10.1. The van der Waals surface area contributed by atoms with Crippen molar-refractivity contribution in [3.8, 4) is 5.75 Å². The minimum atomic E-state index is -0.0917. The SMILES string of the molecule is COCC(Br)CCNC(=O)c1cccc(OC)c1.